The van der Waals surface area contributed by atoms with Crippen molar-refractivity contribution in [2.45, 2.75) is 51.9 Å². The van der Waals surface area contributed by atoms with Crippen LogP contribution in [0.5, 0.6) is 5.75 Å². The lowest BCUT2D eigenvalue weighted by molar-refractivity contribution is 0.302. The van der Waals surface area contributed by atoms with E-state index in [0.29, 0.717) is 0 Å². The smallest absolute Gasteiger partial charge is 0.122 e. The van der Waals surface area contributed by atoms with Gasteiger partial charge >= 0.3 is 0 Å². The molecule has 0 atom stereocenters. The molecule has 0 aliphatic carbocycles. The van der Waals surface area contributed by atoms with Crippen molar-refractivity contribution in [3.63, 3.8) is 0 Å². The van der Waals surface area contributed by atoms with Gasteiger partial charge in [0.25, 0.3) is 0 Å². The summed E-state index contributed by atoms with van der Waals surface area (Å²) in [5.74, 6) is 1.04. The third-order valence-corrected chi connectivity index (χ3v) is 3.69. The van der Waals surface area contributed by atoms with Crippen molar-refractivity contribution < 1.29 is 4.74 Å². The van der Waals surface area contributed by atoms with Crippen LogP contribution in [0.2, 0.25) is 0 Å². The average molecular weight is 313 g/mol. The van der Waals surface area contributed by atoms with Crippen LogP contribution in [-0.2, 0) is 0 Å². The summed E-state index contributed by atoms with van der Waals surface area (Å²) in [6.07, 6.45) is 9.25. The summed E-state index contributed by atoms with van der Waals surface area (Å²) in [6, 6.07) is 8.23. The molecule has 0 saturated carbocycles. The summed E-state index contributed by atoms with van der Waals surface area (Å²) in [4.78, 5) is 0. The van der Waals surface area contributed by atoms with Crippen molar-refractivity contribution in [1.82, 2.24) is 0 Å². The van der Waals surface area contributed by atoms with E-state index < -0.39 is 0 Å². The minimum Gasteiger partial charge on any atom is -0.493 e. The number of aryl methyl sites for hydroxylation is 1. The largest absolute Gasteiger partial charge is 0.493 e. The number of rotatable bonds is 10. The molecule has 0 unspecified atom stereocenters. The Morgan fingerprint density at radius 1 is 0.889 bits per heavy atom. The lowest BCUT2D eigenvalue weighted by Crippen LogP contribution is -1.98. The number of ether oxygens (including phenoxy) is 1. The standard InChI is InChI=1S/C16H25BrO/c1-15-11-7-8-12-16(15)18-14-10-6-4-2-3-5-9-13-17/h7-8,11-12H,2-6,9-10,13-14H2,1H3. The van der Waals surface area contributed by atoms with Crippen LogP contribution in [0.3, 0.4) is 0 Å². The minimum atomic E-state index is 0.853. The molecule has 0 aromatic heterocycles. The summed E-state index contributed by atoms with van der Waals surface area (Å²) >= 11 is 3.46. The van der Waals surface area contributed by atoms with Crippen molar-refractivity contribution >= 4 is 15.9 Å². The fourth-order valence-electron chi connectivity index (χ4n) is 1.98. The van der Waals surface area contributed by atoms with Gasteiger partial charge in [-0.15, -0.1) is 0 Å². The van der Waals surface area contributed by atoms with E-state index in [1.165, 1.54) is 50.5 Å². The number of unbranched alkanes of at least 4 members (excludes halogenated alkanes) is 6. The molecule has 0 spiro atoms. The summed E-state index contributed by atoms with van der Waals surface area (Å²) in [7, 11) is 0. The third-order valence-electron chi connectivity index (χ3n) is 3.13. The second-order valence-corrected chi connectivity index (χ2v) is 5.57. The van der Waals surface area contributed by atoms with E-state index in [-0.39, 0.29) is 0 Å². The van der Waals surface area contributed by atoms with Gasteiger partial charge in [0.05, 0.1) is 6.61 Å². The lowest BCUT2D eigenvalue weighted by Gasteiger charge is -2.08. The molecule has 18 heavy (non-hydrogen) atoms. The Bertz CT molecular complexity index is 312. The number of halogens is 1. The average Bonchev–Trinajstić information content (AvgIpc) is 2.39. The first kappa shape index (κ1) is 15.6. The van der Waals surface area contributed by atoms with Crippen molar-refractivity contribution in [1.29, 1.82) is 0 Å². The molecule has 102 valence electrons. The van der Waals surface area contributed by atoms with E-state index in [4.69, 9.17) is 4.74 Å². The summed E-state index contributed by atoms with van der Waals surface area (Å²) in [5.41, 5.74) is 1.23. The van der Waals surface area contributed by atoms with E-state index >= 15 is 0 Å². The second-order valence-electron chi connectivity index (χ2n) is 4.78. The summed E-state index contributed by atoms with van der Waals surface area (Å²) in [5, 5.41) is 1.15. The number of hydrogen-bond acceptors (Lipinski definition) is 1. The molecule has 0 bridgehead atoms. The van der Waals surface area contributed by atoms with Crippen molar-refractivity contribution in [3.05, 3.63) is 29.8 Å². The van der Waals surface area contributed by atoms with Crippen LogP contribution in [0.25, 0.3) is 0 Å². The molecule has 0 radical (unpaired) electrons. The van der Waals surface area contributed by atoms with E-state index in [1.807, 2.05) is 6.07 Å². The normalized spacial score (nSPS) is 10.6. The summed E-state index contributed by atoms with van der Waals surface area (Å²) < 4.78 is 5.78. The van der Waals surface area contributed by atoms with Crippen molar-refractivity contribution in [2.75, 3.05) is 11.9 Å². The monoisotopic (exact) mass is 312 g/mol. The maximum Gasteiger partial charge on any atom is 0.122 e. The zero-order chi connectivity index (χ0) is 13.1. The highest BCUT2D eigenvalue weighted by Crippen LogP contribution is 2.16. The molecular weight excluding hydrogens is 288 g/mol. The Morgan fingerprint density at radius 2 is 1.50 bits per heavy atom. The zero-order valence-electron chi connectivity index (χ0n) is 11.5. The van der Waals surface area contributed by atoms with Crippen molar-refractivity contribution in [3.8, 4) is 5.75 Å². The molecule has 2 heteroatoms. The molecule has 1 aromatic rings. The quantitative estimate of drug-likeness (QED) is 0.409. The Balaban J connectivity index is 1.94. The molecule has 1 aromatic carbocycles. The SMILES string of the molecule is Cc1ccccc1OCCCCCCCCCBr. The predicted octanol–water partition coefficient (Wildman–Crippen LogP) is 5.50. The summed E-state index contributed by atoms with van der Waals surface area (Å²) in [6.45, 7) is 2.95. The van der Waals surface area contributed by atoms with Crippen LogP contribution in [0.4, 0.5) is 0 Å². The highest BCUT2D eigenvalue weighted by Gasteiger charge is 1.97. The highest BCUT2D eigenvalue weighted by molar-refractivity contribution is 9.09. The lowest BCUT2D eigenvalue weighted by atomic mass is 10.1. The van der Waals surface area contributed by atoms with Crippen LogP contribution in [0, 0.1) is 6.92 Å². The first-order chi connectivity index (χ1) is 8.84. The van der Waals surface area contributed by atoms with Gasteiger partial charge in [-0.2, -0.15) is 0 Å². The zero-order valence-corrected chi connectivity index (χ0v) is 13.0. The predicted molar refractivity (Wildman–Crippen MR) is 82.8 cm³/mol. The van der Waals surface area contributed by atoms with Crippen molar-refractivity contribution in [2.24, 2.45) is 0 Å². The van der Waals surface area contributed by atoms with Gasteiger partial charge in [0.1, 0.15) is 5.75 Å². The molecule has 0 amide bonds. The number of alkyl halides is 1. The van der Waals surface area contributed by atoms with Gasteiger partial charge in [0.2, 0.25) is 0 Å². The Morgan fingerprint density at radius 3 is 2.17 bits per heavy atom. The van der Waals surface area contributed by atoms with Gasteiger partial charge in [-0.25, -0.2) is 0 Å². The van der Waals surface area contributed by atoms with Crippen LogP contribution in [-0.4, -0.2) is 11.9 Å². The first-order valence-electron chi connectivity index (χ1n) is 7.09. The Kier molecular flexibility index (Phi) is 9.01. The number of para-hydroxylation sites is 1. The van der Waals surface area contributed by atoms with Crippen LogP contribution in [0.1, 0.15) is 50.5 Å². The van der Waals surface area contributed by atoms with Gasteiger partial charge in [0.15, 0.2) is 0 Å². The second kappa shape index (κ2) is 10.4. The third kappa shape index (κ3) is 7.05. The molecule has 0 fully saturated rings. The van der Waals surface area contributed by atoms with Crippen LogP contribution >= 0.6 is 15.9 Å². The molecule has 0 saturated heterocycles. The fraction of sp³-hybridized carbons (Fsp3) is 0.625. The Labute approximate surface area is 120 Å². The van der Waals surface area contributed by atoms with Gasteiger partial charge in [-0.1, -0.05) is 66.2 Å². The molecule has 0 aliphatic rings. The van der Waals surface area contributed by atoms with E-state index in [9.17, 15) is 0 Å². The topological polar surface area (TPSA) is 9.23 Å². The number of hydrogen-bond donors (Lipinski definition) is 0. The maximum absolute atomic E-state index is 5.78. The van der Waals surface area contributed by atoms with E-state index in [1.54, 1.807) is 0 Å². The minimum absolute atomic E-state index is 0.853. The molecule has 0 aliphatic heterocycles. The van der Waals surface area contributed by atoms with Gasteiger partial charge < -0.3 is 4.74 Å². The molecular formula is C16H25BrO. The van der Waals surface area contributed by atoms with Crippen LogP contribution < -0.4 is 4.74 Å². The van der Waals surface area contributed by atoms with E-state index in [0.717, 1.165) is 17.7 Å². The van der Waals surface area contributed by atoms with Gasteiger partial charge in [-0.3, -0.25) is 0 Å². The van der Waals surface area contributed by atoms with E-state index in [2.05, 4.69) is 41.1 Å². The first-order valence-corrected chi connectivity index (χ1v) is 8.21. The molecule has 0 heterocycles. The Hall–Kier alpha value is -0.500. The molecule has 1 nitrogen and oxygen atoms in total. The van der Waals surface area contributed by atoms with Gasteiger partial charge in [-0.05, 0) is 31.4 Å². The molecule has 0 N–H and O–H groups in total. The molecule has 1 rings (SSSR count). The number of benzene rings is 1. The van der Waals surface area contributed by atoms with Crippen LogP contribution in [0.15, 0.2) is 24.3 Å². The highest BCUT2D eigenvalue weighted by atomic mass is 79.9. The fourth-order valence-corrected chi connectivity index (χ4v) is 2.38. The van der Waals surface area contributed by atoms with Gasteiger partial charge in [0, 0.05) is 5.33 Å². The maximum atomic E-state index is 5.78.